The Balaban J connectivity index is 0.000000873. The molecule has 4 nitrogen and oxygen atoms in total. The highest BCUT2D eigenvalue weighted by atomic mass is 79.9. The summed E-state index contributed by atoms with van der Waals surface area (Å²) in [6.45, 7) is 4.25. The van der Waals surface area contributed by atoms with Gasteiger partial charge in [0.05, 0.1) is 15.4 Å². The molecular formula is C12H17Br2NO3. The molecular weight excluding hydrogens is 366 g/mol. The lowest BCUT2D eigenvalue weighted by Crippen LogP contribution is -2.14. The Morgan fingerprint density at radius 3 is 2.06 bits per heavy atom. The maximum atomic E-state index is 10.5. The minimum atomic E-state index is -0.956. The summed E-state index contributed by atoms with van der Waals surface area (Å²) >= 11 is 6.30. The number of aliphatic carboxylic acids is 1. The molecule has 1 rings (SSSR count). The van der Waals surface area contributed by atoms with E-state index in [1.54, 1.807) is 12.1 Å². The number of benzene rings is 1. The number of hydrogen-bond donors (Lipinski definition) is 3. The fraction of sp³-hybridized carbons (Fsp3) is 0.417. The van der Waals surface area contributed by atoms with E-state index in [1.165, 1.54) is 6.42 Å². The molecule has 18 heavy (non-hydrogen) atoms. The van der Waals surface area contributed by atoms with Gasteiger partial charge in [-0.2, -0.15) is 0 Å². The summed E-state index contributed by atoms with van der Waals surface area (Å²) in [7, 11) is 0. The van der Waals surface area contributed by atoms with E-state index in [0.29, 0.717) is 14.5 Å². The molecule has 1 atom stereocenters. The molecule has 0 aliphatic rings. The zero-order valence-electron chi connectivity index (χ0n) is 10.3. The number of phenolic OH excluding ortho intramolecular Hbond substituents is 1. The van der Waals surface area contributed by atoms with Crippen LogP contribution in [0.2, 0.25) is 0 Å². The fourth-order valence-electron chi connectivity index (χ4n) is 1.11. The molecule has 0 saturated carbocycles. The lowest BCUT2D eigenvalue weighted by Gasteiger charge is -2.11. The van der Waals surface area contributed by atoms with Crippen molar-refractivity contribution in [1.29, 1.82) is 0 Å². The standard InChI is InChI=1S/C9H9Br2NO3.C3H8/c10-5-1-4(2-6(11)9(5)15)7(12)3-8(13)14;1-3-2/h1-2,7,15H,3,12H2,(H,13,14);3H2,1-2H3. The number of aromatic hydroxyl groups is 1. The van der Waals surface area contributed by atoms with E-state index >= 15 is 0 Å². The first kappa shape index (κ1) is 17.4. The van der Waals surface area contributed by atoms with Gasteiger partial charge in [-0.05, 0) is 49.6 Å². The number of rotatable bonds is 3. The maximum absolute atomic E-state index is 10.5. The zero-order chi connectivity index (χ0) is 14.3. The van der Waals surface area contributed by atoms with Crippen molar-refractivity contribution in [3.05, 3.63) is 26.6 Å². The van der Waals surface area contributed by atoms with E-state index in [0.717, 1.165) is 0 Å². The number of hydrogen-bond acceptors (Lipinski definition) is 3. The molecule has 0 saturated heterocycles. The number of carboxylic acid groups (broad SMARTS) is 1. The third kappa shape index (κ3) is 5.84. The lowest BCUT2D eigenvalue weighted by molar-refractivity contribution is -0.137. The van der Waals surface area contributed by atoms with Gasteiger partial charge in [0.2, 0.25) is 0 Å². The molecule has 4 N–H and O–H groups in total. The molecule has 0 aliphatic carbocycles. The van der Waals surface area contributed by atoms with Crippen LogP contribution in [0.15, 0.2) is 21.1 Å². The molecule has 0 bridgehead atoms. The molecule has 0 amide bonds. The minimum absolute atomic E-state index is 0.0706. The van der Waals surface area contributed by atoms with Crippen LogP contribution in [0.5, 0.6) is 5.75 Å². The zero-order valence-corrected chi connectivity index (χ0v) is 13.5. The largest absolute Gasteiger partial charge is 0.506 e. The number of carbonyl (C=O) groups is 1. The van der Waals surface area contributed by atoms with Crippen molar-refractivity contribution in [2.75, 3.05) is 0 Å². The molecule has 1 aromatic rings. The van der Waals surface area contributed by atoms with E-state index < -0.39 is 12.0 Å². The van der Waals surface area contributed by atoms with E-state index in [1.807, 2.05) is 0 Å². The Hall–Kier alpha value is -0.590. The third-order valence-corrected chi connectivity index (χ3v) is 3.07. The Morgan fingerprint density at radius 2 is 1.72 bits per heavy atom. The molecule has 0 fully saturated rings. The average Bonchev–Trinajstić information content (AvgIpc) is 2.25. The quantitative estimate of drug-likeness (QED) is 0.742. The number of halogens is 2. The number of nitrogens with two attached hydrogens (primary N) is 1. The van der Waals surface area contributed by atoms with Crippen molar-refractivity contribution < 1.29 is 15.0 Å². The summed E-state index contributed by atoms with van der Waals surface area (Å²) in [5.74, 6) is -0.885. The van der Waals surface area contributed by atoms with Crippen LogP contribution in [0.1, 0.15) is 38.3 Å². The van der Waals surface area contributed by atoms with Crippen LogP contribution in [0.4, 0.5) is 0 Å². The van der Waals surface area contributed by atoms with Crippen LogP contribution in [0.25, 0.3) is 0 Å². The van der Waals surface area contributed by atoms with E-state index in [2.05, 4.69) is 45.7 Å². The maximum Gasteiger partial charge on any atom is 0.305 e. The van der Waals surface area contributed by atoms with Crippen LogP contribution < -0.4 is 5.73 Å². The van der Waals surface area contributed by atoms with Crippen molar-refractivity contribution in [2.24, 2.45) is 5.73 Å². The van der Waals surface area contributed by atoms with Gasteiger partial charge in [-0.1, -0.05) is 20.3 Å². The van der Waals surface area contributed by atoms with Gasteiger partial charge in [0.25, 0.3) is 0 Å². The summed E-state index contributed by atoms with van der Waals surface area (Å²) in [5.41, 5.74) is 6.33. The second kappa shape index (κ2) is 8.50. The second-order valence-electron chi connectivity index (χ2n) is 3.74. The molecule has 0 radical (unpaired) electrons. The Labute approximate surface area is 123 Å². The smallest absolute Gasteiger partial charge is 0.305 e. The lowest BCUT2D eigenvalue weighted by atomic mass is 10.0. The average molecular weight is 383 g/mol. The molecule has 1 aromatic carbocycles. The van der Waals surface area contributed by atoms with Gasteiger partial charge in [-0.25, -0.2) is 0 Å². The molecule has 6 heteroatoms. The third-order valence-electron chi connectivity index (χ3n) is 1.86. The molecule has 1 unspecified atom stereocenters. The van der Waals surface area contributed by atoms with Crippen molar-refractivity contribution in [2.45, 2.75) is 32.7 Å². The van der Waals surface area contributed by atoms with Crippen LogP contribution in [-0.4, -0.2) is 16.2 Å². The van der Waals surface area contributed by atoms with E-state index in [4.69, 9.17) is 10.8 Å². The van der Waals surface area contributed by atoms with Crippen LogP contribution in [0.3, 0.4) is 0 Å². The van der Waals surface area contributed by atoms with Gasteiger partial charge < -0.3 is 15.9 Å². The topological polar surface area (TPSA) is 83.6 Å². The van der Waals surface area contributed by atoms with Crippen LogP contribution >= 0.6 is 31.9 Å². The van der Waals surface area contributed by atoms with Crippen molar-refractivity contribution >= 4 is 37.8 Å². The van der Waals surface area contributed by atoms with Gasteiger partial charge in [0.15, 0.2) is 0 Å². The highest BCUT2D eigenvalue weighted by molar-refractivity contribution is 9.11. The summed E-state index contributed by atoms with van der Waals surface area (Å²) in [5, 5.41) is 18.0. The molecule has 102 valence electrons. The normalized spacial score (nSPS) is 11.4. The first-order valence-electron chi connectivity index (χ1n) is 5.48. The minimum Gasteiger partial charge on any atom is -0.506 e. The van der Waals surface area contributed by atoms with Crippen molar-refractivity contribution in [1.82, 2.24) is 0 Å². The number of phenols is 1. The highest BCUT2D eigenvalue weighted by Gasteiger charge is 2.14. The van der Waals surface area contributed by atoms with Crippen LogP contribution in [-0.2, 0) is 4.79 Å². The molecule has 0 heterocycles. The van der Waals surface area contributed by atoms with E-state index in [-0.39, 0.29) is 12.2 Å². The van der Waals surface area contributed by atoms with Crippen molar-refractivity contribution in [3.63, 3.8) is 0 Å². The Bertz CT molecular complexity index is 387. The summed E-state index contributed by atoms with van der Waals surface area (Å²) in [6.07, 6.45) is 1.10. The summed E-state index contributed by atoms with van der Waals surface area (Å²) in [4.78, 5) is 10.5. The number of carboxylic acids is 1. The van der Waals surface area contributed by atoms with Gasteiger partial charge in [-0.3, -0.25) is 4.79 Å². The van der Waals surface area contributed by atoms with Gasteiger partial charge in [-0.15, -0.1) is 0 Å². The predicted molar refractivity (Wildman–Crippen MR) is 78.7 cm³/mol. The fourth-order valence-corrected chi connectivity index (χ4v) is 2.33. The molecule has 0 aliphatic heterocycles. The van der Waals surface area contributed by atoms with Crippen LogP contribution in [0, 0.1) is 0 Å². The first-order chi connectivity index (χ1) is 8.33. The summed E-state index contributed by atoms with van der Waals surface area (Å²) in [6, 6.07) is 2.62. The Kier molecular flexibility index (Phi) is 8.22. The molecule has 0 aromatic heterocycles. The second-order valence-corrected chi connectivity index (χ2v) is 5.45. The highest BCUT2D eigenvalue weighted by Crippen LogP contribution is 2.35. The predicted octanol–water partition coefficient (Wildman–Crippen LogP) is 3.81. The van der Waals surface area contributed by atoms with Gasteiger partial charge in [0, 0.05) is 6.04 Å². The molecule has 0 spiro atoms. The van der Waals surface area contributed by atoms with Gasteiger partial charge in [0.1, 0.15) is 5.75 Å². The monoisotopic (exact) mass is 381 g/mol. The SMILES string of the molecule is CCC.NC(CC(=O)O)c1cc(Br)c(O)c(Br)c1. The van der Waals surface area contributed by atoms with Gasteiger partial charge >= 0.3 is 5.97 Å². The Morgan fingerprint density at radius 1 is 1.33 bits per heavy atom. The van der Waals surface area contributed by atoms with Crippen molar-refractivity contribution in [3.8, 4) is 5.75 Å². The summed E-state index contributed by atoms with van der Waals surface area (Å²) < 4.78 is 0.959. The first-order valence-corrected chi connectivity index (χ1v) is 7.07. The van der Waals surface area contributed by atoms with E-state index in [9.17, 15) is 9.90 Å².